The number of nitrogens with one attached hydrogen (secondary N) is 1. The van der Waals surface area contributed by atoms with Crippen LogP contribution in [0.25, 0.3) is 0 Å². The lowest BCUT2D eigenvalue weighted by Crippen LogP contribution is -2.32. The predicted octanol–water partition coefficient (Wildman–Crippen LogP) is 3.32. The summed E-state index contributed by atoms with van der Waals surface area (Å²) >= 11 is 3.45. The third-order valence-electron chi connectivity index (χ3n) is 3.09. The molecular weight excluding hydrogens is 240 g/mol. The second-order valence-corrected chi connectivity index (χ2v) is 4.91. The van der Waals surface area contributed by atoms with Crippen molar-refractivity contribution in [1.82, 2.24) is 9.88 Å². The minimum absolute atomic E-state index is 0.554. The molecule has 2 nitrogen and oxygen atoms in total. The van der Waals surface area contributed by atoms with Crippen LogP contribution >= 0.6 is 15.9 Å². The van der Waals surface area contributed by atoms with Crippen molar-refractivity contribution in [2.24, 2.45) is 0 Å². The Morgan fingerprint density at radius 1 is 1.36 bits per heavy atom. The van der Waals surface area contributed by atoms with Gasteiger partial charge in [-0.05, 0) is 60.4 Å². The SMILES string of the molecule is CC(c1c[nH]c(Br)c1)N1CCCCC1. The zero-order valence-electron chi connectivity index (χ0n) is 8.59. The number of rotatable bonds is 2. The Bertz CT molecular complexity index is 289. The van der Waals surface area contributed by atoms with Gasteiger partial charge in [-0.25, -0.2) is 0 Å². The molecule has 0 saturated carbocycles. The number of hydrogen-bond donors (Lipinski definition) is 1. The summed E-state index contributed by atoms with van der Waals surface area (Å²) in [5.74, 6) is 0. The van der Waals surface area contributed by atoms with E-state index in [2.05, 4.69) is 45.0 Å². The minimum atomic E-state index is 0.554. The first-order chi connectivity index (χ1) is 6.77. The van der Waals surface area contributed by atoms with Gasteiger partial charge in [0, 0.05) is 12.2 Å². The molecular formula is C11H17BrN2. The quantitative estimate of drug-likeness (QED) is 0.861. The summed E-state index contributed by atoms with van der Waals surface area (Å²) in [4.78, 5) is 5.75. The molecule has 0 aliphatic carbocycles. The smallest absolute Gasteiger partial charge is 0.0823 e. The normalized spacial score (nSPS) is 21.0. The van der Waals surface area contributed by atoms with Crippen LogP contribution in [-0.4, -0.2) is 23.0 Å². The number of aromatic amines is 1. The Labute approximate surface area is 93.8 Å². The topological polar surface area (TPSA) is 19.0 Å². The number of H-pyrrole nitrogens is 1. The van der Waals surface area contributed by atoms with Gasteiger partial charge in [-0.1, -0.05) is 6.42 Å². The Morgan fingerprint density at radius 2 is 2.07 bits per heavy atom. The molecule has 1 atom stereocenters. The van der Waals surface area contributed by atoms with E-state index < -0.39 is 0 Å². The highest BCUT2D eigenvalue weighted by molar-refractivity contribution is 9.10. The van der Waals surface area contributed by atoms with Crippen molar-refractivity contribution in [3.8, 4) is 0 Å². The molecule has 1 aliphatic rings. The molecule has 0 radical (unpaired) electrons. The van der Waals surface area contributed by atoms with E-state index in [0.717, 1.165) is 4.60 Å². The summed E-state index contributed by atoms with van der Waals surface area (Å²) < 4.78 is 1.08. The number of likely N-dealkylation sites (tertiary alicyclic amines) is 1. The van der Waals surface area contributed by atoms with Gasteiger partial charge in [-0.2, -0.15) is 0 Å². The van der Waals surface area contributed by atoms with E-state index in [4.69, 9.17) is 0 Å². The van der Waals surface area contributed by atoms with Crippen molar-refractivity contribution in [3.05, 3.63) is 22.4 Å². The van der Waals surface area contributed by atoms with Crippen molar-refractivity contribution >= 4 is 15.9 Å². The van der Waals surface area contributed by atoms with Crippen molar-refractivity contribution in [2.45, 2.75) is 32.2 Å². The number of aromatic nitrogens is 1. The summed E-state index contributed by atoms with van der Waals surface area (Å²) in [6.45, 7) is 4.80. The molecule has 1 aliphatic heterocycles. The van der Waals surface area contributed by atoms with E-state index in [1.54, 1.807) is 0 Å². The second-order valence-electron chi connectivity index (χ2n) is 4.05. The first-order valence-corrected chi connectivity index (χ1v) is 6.14. The molecule has 1 aromatic heterocycles. The highest BCUT2D eigenvalue weighted by Gasteiger charge is 2.18. The average Bonchev–Trinajstić information content (AvgIpc) is 2.65. The van der Waals surface area contributed by atoms with Gasteiger partial charge in [0.25, 0.3) is 0 Å². The molecule has 78 valence electrons. The molecule has 14 heavy (non-hydrogen) atoms. The second kappa shape index (κ2) is 4.49. The van der Waals surface area contributed by atoms with Crippen LogP contribution in [0.3, 0.4) is 0 Å². The Kier molecular flexibility index (Phi) is 3.29. The Hall–Kier alpha value is -0.280. The number of nitrogens with zero attached hydrogens (tertiary/aromatic N) is 1. The van der Waals surface area contributed by atoms with Crippen LogP contribution in [-0.2, 0) is 0 Å². The molecule has 2 rings (SSSR count). The van der Waals surface area contributed by atoms with E-state index in [9.17, 15) is 0 Å². The van der Waals surface area contributed by atoms with Gasteiger partial charge in [0.2, 0.25) is 0 Å². The molecule has 3 heteroatoms. The molecule has 1 unspecified atom stereocenters. The minimum Gasteiger partial charge on any atom is -0.356 e. The maximum atomic E-state index is 3.45. The molecule has 0 spiro atoms. The van der Waals surface area contributed by atoms with Crippen LogP contribution in [0.4, 0.5) is 0 Å². The van der Waals surface area contributed by atoms with Gasteiger partial charge >= 0.3 is 0 Å². The highest BCUT2D eigenvalue weighted by Crippen LogP contribution is 2.25. The van der Waals surface area contributed by atoms with E-state index in [-0.39, 0.29) is 0 Å². The zero-order chi connectivity index (χ0) is 9.97. The fraction of sp³-hybridized carbons (Fsp3) is 0.636. The first kappa shape index (κ1) is 10.2. The molecule has 1 saturated heterocycles. The summed E-state index contributed by atoms with van der Waals surface area (Å²) in [6.07, 6.45) is 6.22. The van der Waals surface area contributed by atoms with E-state index in [1.807, 2.05) is 0 Å². The van der Waals surface area contributed by atoms with Crippen molar-refractivity contribution in [1.29, 1.82) is 0 Å². The summed E-state index contributed by atoms with van der Waals surface area (Å²) in [6, 6.07) is 2.73. The molecule has 1 N–H and O–H groups in total. The summed E-state index contributed by atoms with van der Waals surface area (Å²) in [5, 5.41) is 0. The Balaban J connectivity index is 2.03. The molecule has 2 heterocycles. The molecule has 0 aromatic carbocycles. The van der Waals surface area contributed by atoms with Crippen LogP contribution in [0.2, 0.25) is 0 Å². The van der Waals surface area contributed by atoms with Crippen molar-refractivity contribution in [3.63, 3.8) is 0 Å². The van der Waals surface area contributed by atoms with Gasteiger partial charge in [0.05, 0.1) is 4.60 Å². The summed E-state index contributed by atoms with van der Waals surface area (Å²) in [7, 11) is 0. The van der Waals surface area contributed by atoms with E-state index in [0.29, 0.717) is 6.04 Å². The Morgan fingerprint density at radius 3 is 2.64 bits per heavy atom. The van der Waals surface area contributed by atoms with Crippen molar-refractivity contribution in [2.75, 3.05) is 13.1 Å². The maximum Gasteiger partial charge on any atom is 0.0823 e. The van der Waals surface area contributed by atoms with E-state index >= 15 is 0 Å². The van der Waals surface area contributed by atoms with E-state index in [1.165, 1.54) is 37.9 Å². The fourth-order valence-electron chi connectivity index (χ4n) is 2.14. The van der Waals surface area contributed by atoms with Gasteiger partial charge in [-0.3, -0.25) is 4.90 Å². The van der Waals surface area contributed by atoms with Crippen LogP contribution < -0.4 is 0 Å². The van der Waals surface area contributed by atoms with Crippen LogP contribution in [0, 0.1) is 0 Å². The van der Waals surface area contributed by atoms with Crippen LogP contribution in [0.5, 0.6) is 0 Å². The lowest BCUT2D eigenvalue weighted by Gasteiger charge is -2.31. The maximum absolute atomic E-state index is 3.45. The largest absolute Gasteiger partial charge is 0.356 e. The van der Waals surface area contributed by atoms with Gasteiger partial charge in [-0.15, -0.1) is 0 Å². The van der Waals surface area contributed by atoms with Crippen LogP contribution in [0.1, 0.15) is 37.8 Å². The third kappa shape index (κ3) is 2.20. The molecule has 0 bridgehead atoms. The molecule has 1 fully saturated rings. The monoisotopic (exact) mass is 256 g/mol. The molecule has 1 aromatic rings. The van der Waals surface area contributed by atoms with Crippen LogP contribution in [0.15, 0.2) is 16.9 Å². The van der Waals surface area contributed by atoms with Crippen molar-refractivity contribution < 1.29 is 0 Å². The first-order valence-electron chi connectivity index (χ1n) is 5.35. The lowest BCUT2D eigenvalue weighted by molar-refractivity contribution is 0.175. The standard InChI is InChI=1S/C11H17BrN2/c1-9(10-7-11(12)13-8-10)14-5-3-2-4-6-14/h7-9,13H,2-6H2,1H3. The summed E-state index contributed by atoms with van der Waals surface area (Å²) in [5.41, 5.74) is 1.39. The zero-order valence-corrected chi connectivity index (χ0v) is 10.2. The number of halogens is 1. The predicted molar refractivity (Wildman–Crippen MR) is 62.3 cm³/mol. The average molecular weight is 257 g/mol. The van der Waals surface area contributed by atoms with Gasteiger partial charge < -0.3 is 4.98 Å². The number of hydrogen-bond acceptors (Lipinski definition) is 1. The highest BCUT2D eigenvalue weighted by atomic mass is 79.9. The lowest BCUT2D eigenvalue weighted by atomic mass is 10.1. The van der Waals surface area contributed by atoms with Gasteiger partial charge in [0.15, 0.2) is 0 Å². The molecule has 0 amide bonds. The third-order valence-corrected chi connectivity index (χ3v) is 3.55. The number of piperidine rings is 1. The van der Waals surface area contributed by atoms with Gasteiger partial charge in [0.1, 0.15) is 0 Å². The fourth-order valence-corrected chi connectivity index (χ4v) is 2.52.